The summed E-state index contributed by atoms with van der Waals surface area (Å²) in [4.78, 5) is 2.35. The van der Waals surface area contributed by atoms with E-state index in [1.165, 1.54) is 18.9 Å². The van der Waals surface area contributed by atoms with E-state index in [2.05, 4.69) is 43.7 Å². The molecule has 0 heterocycles. The van der Waals surface area contributed by atoms with Gasteiger partial charge in [-0.05, 0) is 36.7 Å². The van der Waals surface area contributed by atoms with Crippen molar-refractivity contribution in [2.45, 2.75) is 26.3 Å². The topological polar surface area (TPSA) is 3.24 Å². The smallest absolute Gasteiger partial charge is 0.124 e. The quantitative estimate of drug-likeness (QED) is 0.638. The fourth-order valence-electron chi connectivity index (χ4n) is 1.73. The van der Waals surface area contributed by atoms with Crippen molar-refractivity contribution in [3.63, 3.8) is 0 Å². The van der Waals surface area contributed by atoms with Crippen LogP contribution in [-0.4, -0.2) is 23.3 Å². The average molecular weight is 367 g/mol. The molecule has 0 saturated heterocycles. The minimum Gasteiger partial charge on any atom is -0.298 e. The second-order valence-electron chi connectivity index (χ2n) is 4.10. The summed E-state index contributed by atoms with van der Waals surface area (Å²) in [5.74, 6) is -0.177. The Balaban J connectivity index is 2.63. The average Bonchev–Trinajstić information content (AvgIpc) is 2.24. The van der Waals surface area contributed by atoms with Gasteiger partial charge >= 0.3 is 0 Å². The standard InChI is InChI=1S/C13H18Br2FN/c1-2-3-5-17(6-4-14)10-11-7-12(15)9-13(16)8-11/h7-9H,2-6,10H2,1H3. The number of unbranched alkanes of at least 4 members (excludes halogenated alkanes) is 1. The molecule has 0 bridgehead atoms. The molecular formula is C13H18Br2FN. The first kappa shape index (κ1) is 15.1. The monoisotopic (exact) mass is 365 g/mol. The number of hydrogen-bond acceptors (Lipinski definition) is 1. The molecule has 1 aromatic carbocycles. The van der Waals surface area contributed by atoms with E-state index in [1.54, 1.807) is 6.07 Å². The summed E-state index contributed by atoms with van der Waals surface area (Å²) in [6, 6.07) is 5.08. The van der Waals surface area contributed by atoms with Gasteiger partial charge in [0.2, 0.25) is 0 Å². The van der Waals surface area contributed by atoms with Crippen LogP contribution in [-0.2, 0) is 6.54 Å². The molecule has 0 atom stereocenters. The lowest BCUT2D eigenvalue weighted by Crippen LogP contribution is -2.26. The number of benzene rings is 1. The molecule has 0 aliphatic rings. The van der Waals surface area contributed by atoms with Gasteiger partial charge in [-0.15, -0.1) is 0 Å². The van der Waals surface area contributed by atoms with E-state index in [0.29, 0.717) is 0 Å². The first-order valence-electron chi connectivity index (χ1n) is 5.89. The van der Waals surface area contributed by atoms with Crippen LogP contribution in [0.2, 0.25) is 0 Å². The van der Waals surface area contributed by atoms with Crippen LogP contribution < -0.4 is 0 Å². The molecule has 1 aromatic rings. The summed E-state index contributed by atoms with van der Waals surface area (Å²) in [6.45, 7) is 5.05. The van der Waals surface area contributed by atoms with Gasteiger partial charge in [0.15, 0.2) is 0 Å². The molecule has 0 unspecified atom stereocenters. The second kappa shape index (κ2) is 8.22. The number of hydrogen-bond donors (Lipinski definition) is 0. The van der Waals surface area contributed by atoms with Crippen molar-refractivity contribution in [3.05, 3.63) is 34.1 Å². The molecule has 0 N–H and O–H groups in total. The Labute approximate surface area is 120 Å². The molecule has 1 nitrogen and oxygen atoms in total. The summed E-state index contributed by atoms with van der Waals surface area (Å²) < 4.78 is 14.1. The van der Waals surface area contributed by atoms with Gasteiger partial charge < -0.3 is 0 Å². The van der Waals surface area contributed by atoms with Crippen molar-refractivity contribution >= 4 is 31.9 Å². The third-order valence-electron chi connectivity index (χ3n) is 2.56. The molecule has 0 fully saturated rings. The van der Waals surface area contributed by atoms with Gasteiger partial charge in [-0.25, -0.2) is 4.39 Å². The van der Waals surface area contributed by atoms with Gasteiger partial charge in [0.1, 0.15) is 5.82 Å². The molecule has 0 radical (unpaired) electrons. The van der Waals surface area contributed by atoms with Crippen LogP contribution >= 0.6 is 31.9 Å². The normalized spacial score (nSPS) is 11.1. The minimum absolute atomic E-state index is 0.177. The van der Waals surface area contributed by atoms with Crippen molar-refractivity contribution in [2.75, 3.05) is 18.4 Å². The van der Waals surface area contributed by atoms with Crippen LogP contribution in [0.5, 0.6) is 0 Å². The molecule has 0 saturated carbocycles. The number of halogens is 3. The first-order valence-corrected chi connectivity index (χ1v) is 7.80. The molecule has 1 rings (SSSR count). The summed E-state index contributed by atoms with van der Waals surface area (Å²) in [6.07, 6.45) is 2.37. The highest BCUT2D eigenvalue weighted by Gasteiger charge is 2.06. The largest absolute Gasteiger partial charge is 0.298 e. The van der Waals surface area contributed by atoms with Gasteiger partial charge in [-0.3, -0.25) is 4.90 Å². The summed E-state index contributed by atoms with van der Waals surface area (Å²) in [5, 5.41) is 0.952. The minimum atomic E-state index is -0.177. The number of nitrogens with zero attached hydrogens (tertiary/aromatic N) is 1. The van der Waals surface area contributed by atoms with E-state index in [0.717, 1.165) is 35.0 Å². The van der Waals surface area contributed by atoms with Crippen molar-refractivity contribution < 1.29 is 4.39 Å². The van der Waals surface area contributed by atoms with Crippen molar-refractivity contribution in [2.24, 2.45) is 0 Å². The van der Waals surface area contributed by atoms with E-state index < -0.39 is 0 Å². The molecule has 0 aliphatic carbocycles. The zero-order chi connectivity index (χ0) is 12.7. The molecule has 0 aliphatic heterocycles. The Kier molecular flexibility index (Phi) is 7.32. The van der Waals surface area contributed by atoms with Gasteiger partial charge in [0.05, 0.1) is 0 Å². The lowest BCUT2D eigenvalue weighted by Gasteiger charge is -2.21. The molecule has 0 amide bonds. The predicted octanol–water partition coefficient (Wildman–Crippen LogP) is 4.59. The summed E-state index contributed by atoms with van der Waals surface area (Å²) in [5.41, 5.74) is 1.02. The lowest BCUT2D eigenvalue weighted by molar-refractivity contribution is 0.278. The van der Waals surface area contributed by atoms with Crippen LogP contribution in [0.4, 0.5) is 4.39 Å². The van der Waals surface area contributed by atoms with Crippen LogP contribution in [0.25, 0.3) is 0 Å². The molecule has 17 heavy (non-hydrogen) atoms. The molecule has 0 aromatic heterocycles. The maximum Gasteiger partial charge on any atom is 0.124 e. The molecule has 4 heteroatoms. The van der Waals surface area contributed by atoms with Crippen molar-refractivity contribution in [1.29, 1.82) is 0 Å². The van der Waals surface area contributed by atoms with Gasteiger partial charge in [0, 0.05) is 22.9 Å². The maximum absolute atomic E-state index is 13.3. The molecule has 96 valence electrons. The van der Waals surface area contributed by atoms with E-state index >= 15 is 0 Å². The Morgan fingerprint density at radius 2 is 2.00 bits per heavy atom. The first-order chi connectivity index (χ1) is 8.15. The second-order valence-corrected chi connectivity index (χ2v) is 5.81. The van der Waals surface area contributed by atoms with Crippen LogP contribution in [0.15, 0.2) is 22.7 Å². The summed E-state index contributed by atoms with van der Waals surface area (Å²) >= 11 is 6.79. The maximum atomic E-state index is 13.3. The zero-order valence-electron chi connectivity index (χ0n) is 10.1. The van der Waals surface area contributed by atoms with Crippen LogP contribution in [0.1, 0.15) is 25.3 Å². The van der Waals surface area contributed by atoms with Crippen LogP contribution in [0.3, 0.4) is 0 Å². The van der Waals surface area contributed by atoms with Crippen molar-refractivity contribution in [3.8, 4) is 0 Å². The number of rotatable bonds is 7. The third-order valence-corrected chi connectivity index (χ3v) is 3.37. The van der Waals surface area contributed by atoms with E-state index in [-0.39, 0.29) is 5.82 Å². The Morgan fingerprint density at radius 1 is 1.24 bits per heavy atom. The fourth-order valence-corrected chi connectivity index (χ4v) is 2.75. The Morgan fingerprint density at radius 3 is 2.59 bits per heavy atom. The highest BCUT2D eigenvalue weighted by molar-refractivity contribution is 9.10. The third kappa shape index (κ3) is 5.98. The SMILES string of the molecule is CCCCN(CCBr)Cc1cc(F)cc(Br)c1. The van der Waals surface area contributed by atoms with Crippen molar-refractivity contribution in [1.82, 2.24) is 4.90 Å². The zero-order valence-corrected chi connectivity index (χ0v) is 13.2. The Hall–Kier alpha value is 0.0700. The highest BCUT2D eigenvalue weighted by Crippen LogP contribution is 2.16. The molecule has 0 spiro atoms. The summed E-state index contributed by atoms with van der Waals surface area (Å²) in [7, 11) is 0. The van der Waals surface area contributed by atoms with E-state index in [9.17, 15) is 4.39 Å². The van der Waals surface area contributed by atoms with E-state index in [4.69, 9.17) is 0 Å². The highest BCUT2D eigenvalue weighted by atomic mass is 79.9. The Bertz CT molecular complexity index is 324. The fraction of sp³-hybridized carbons (Fsp3) is 0.538. The van der Waals surface area contributed by atoms with E-state index in [1.807, 2.05) is 6.07 Å². The van der Waals surface area contributed by atoms with Crippen LogP contribution in [0, 0.1) is 5.82 Å². The van der Waals surface area contributed by atoms with Gasteiger partial charge in [-0.2, -0.15) is 0 Å². The lowest BCUT2D eigenvalue weighted by atomic mass is 10.2. The molecular weight excluding hydrogens is 349 g/mol. The van der Waals surface area contributed by atoms with Gasteiger partial charge in [-0.1, -0.05) is 45.2 Å². The van der Waals surface area contributed by atoms with Gasteiger partial charge in [0.25, 0.3) is 0 Å². The predicted molar refractivity (Wildman–Crippen MR) is 78.1 cm³/mol. The number of alkyl halides is 1.